The highest BCUT2D eigenvalue weighted by atomic mass is 19.3. The number of amides is 2. The molecule has 43 heavy (non-hydrogen) atoms. The van der Waals surface area contributed by atoms with Gasteiger partial charge in [-0.1, -0.05) is 27.2 Å². The average molecular weight is 605 g/mol. The first-order valence-electron chi connectivity index (χ1n) is 15.1. The Balaban J connectivity index is 1.23. The van der Waals surface area contributed by atoms with Crippen LogP contribution >= 0.6 is 0 Å². The monoisotopic (exact) mass is 604 g/mol. The fraction of sp³-hybridized carbons (Fsp3) is 0.645. The second-order valence-corrected chi connectivity index (χ2v) is 12.0. The van der Waals surface area contributed by atoms with Crippen LogP contribution in [0.25, 0.3) is 11.0 Å². The average Bonchev–Trinajstić information content (AvgIpc) is 3.58. The maximum Gasteiger partial charge on any atom is 0.407 e. The Labute approximate surface area is 250 Å². The number of carbonyl (C=O) groups is 3. The standard InChI is InChI=1S/C31H42F2N4O6/c1-18(2)27(39)26-19(3)13-15-37(26)25(38)17-34-30(41)43-24-10-7-9-20(24)8-5-6-14-31(32,33)28-29(40)36-23-16-21(42-4)11-12-22(23)35-28/h11-12,16,18-20,24,26H,5-10,13-15,17H2,1-4H3,(H,34,41)(H,36,40)/t19-,20-,24?,26+/m1/s1. The highest BCUT2D eigenvalue weighted by molar-refractivity contribution is 5.92. The number of halogens is 2. The van der Waals surface area contributed by atoms with Gasteiger partial charge in [0, 0.05) is 24.9 Å². The lowest BCUT2D eigenvalue weighted by atomic mass is 9.92. The number of fused-ring (bicyclic) bond motifs is 1. The summed E-state index contributed by atoms with van der Waals surface area (Å²) >= 11 is 0. The van der Waals surface area contributed by atoms with Crippen molar-refractivity contribution in [2.24, 2.45) is 17.8 Å². The van der Waals surface area contributed by atoms with Crippen molar-refractivity contribution < 1.29 is 37.7 Å². The molecule has 4 rings (SSSR count). The summed E-state index contributed by atoms with van der Waals surface area (Å²) in [5.74, 6) is -4.07. The molecule has 1 aromatic heterocycles. The van der Waals surface area contributed by atoms with Crippen LogP contribution in [0, 0.1) is 17.8 Å². The summed E-state index contributed by atoms with van der Waals surface area (Å²) in [6.45, 7) is 5.82. The summed E-state index contributed by atoms with van der Waals surface area (Å²) < 4.78 is 40.7. The number of unbranched alkanes of at least 4 members (excludes halogenated alkanes) is 1. The first-order chi connectivity index (χ1) is 20.4. The molecular weight excluding hydrogens is 562 g/mol. The molecule has 0 bridgehead atoms. The minimum Gasteiger partial charge on any atom is -0.497 e. The summed E-state index contributed by atoms with van der Waals surface area (Å²) in [6, 6.07) is 4.15. The molecule has 0 spiro atoms. The summed E-state index contributed by atoms with van der Waals surface area (Å²) in [7, 11) is 1.47. The number of ether oxygens (including phenoxy) is 2. The molecule has 1 saturated heterocycles. The van der Waals surface area contributed by atoms with Gasteiger partial charge in [-0.15, -0.1) is 0 Å². The van der Waals surface area contributed by atoms with E-state index in [0.717, 1.165) is 19.3 Å². The van der Waals surface area contributed by atoms with Crippen molar-refractivity contribution in [3.63, 3.8) is 0 Å². The van der Waals surface area contributed by atoms with Gasteiger partial charge in [0.1, 0.15) is 18.4 Å². The van der Waals surface area contributed by atoms with E-state index in [-0.39, 0.29) is 59.5 Å². The zero-order valence-corrected chi connectivity index (χ0v) is 25.3. The molecule has 10 nitrogen and oxygen atoms in total. The molecule has 0 radical (unpaired) electrons. The number of hydrogen-bond donors (Lipinski definition) is 2. The second kappa shape index (κ2) is 13.8. The molecule has 2 aromatic rings. The van der Waals surface area contributed by atoms with Crippen LogP contribution in [-0.2, 0) is 20.2 Å². The lowest BCUT2D eigenvalue weighted by Crippen LogP contribution is -2.48. The number of likely N-dealkylation sites (tertiary alicyclic amines) is 1. The Morgan fingerprint density at radius 2 is 1.91 bits per heavy atom. The van der Waals surface area contributed by atoms with Crippen LogP contribution < -0.4 is 10.1 Å². The third-order valence-electron chi connectivity index (χ3n) is 8.63. The minimum atomic E-state index is -3.37. The van der Waals surface area contributed by atoms with Crippen molar-refractivity contribution in [2.75, 3.05) is 20.2 Å². The highest BCUT2D eigenvalue weighted by Gasteiger charge is 2.40. The lowest BCUT2D eigenvalue weighted by molar-refractivity contribution is -0.138. The van der Waals surface area contributed by atoms with Gasteiger partial charge in [-0.2, -0.15) is 8.78 Å². The SMILES string of the molecule is COc1ccc2nc(C(F)(F)CCCC[C@@H]3CCCC3OC(=O)NCC(=O)N3CC[C@@H](C)[C@H]3C(=O)C(C)C)c(O)nc2c1. The van der Waals surface area contributed by atoms with E-state index in [2.05, 4.69) is 15.3 Å². The number of benzene rings is 1. The number of methoxy groups -OCH3 is 1. The maximum atomic E-state index is 15.0. The molecule has 4 atom stereocenters. The van der Waals surface area contributed by atoms with Crippen molar-refractivity contribution >= 4 is 28.8 Å². The maximum absolute atomic E-state index is 15.0. The summed E-state index contributed by atoms with van der Waals surface area (Å²) in [5.41, 5.74) is -0.257. The Morgan fingerprint density at radius 3 is 2.63 bits per heavy atom. The van der Waals surface area contributed by atoms with Crippen molar-refractivity contribution in [3.8, 4) is 11.6 Å². The highest BCUT2D eigenvalue weighted by Crippen LogP contribution is 2.39. The second-order valence-electron chi connectivity index (χ2n) is 12.0. The van der Waals surface area contributed by atoms with E-state index < -0.39 is 36.1 Å². The van der Waals surface area contributed by atoms with Gasteiger partial charge < -0.3 is 24.8 Å². The first kappa shape index (κ1) is 32.3. The lowest BCUT2D eigenvalue weighted by Gasteiger charge is -2.27. The van der Waals surface area contributed by atoms with Crippen molar-refractivity contribution in [2.45, 2.75) is 90.2 Å². The zero-order chi connectivity index (χ0) is 31.3. The first-order valence-corrected chi connectivity index (χ1v) is 15.1. The van der Waals surface area contributed by atoms with E-state index in [9.17, 15) is 19.5 Å². The van der Waals surface area contributed by atoms with Gasteiger partial charge in [-0.3, -0.25) is 9.59 Å². The quantitative estimate of drug-likeness (QED) is 0.310. The molecule has 2 amide bonds. The van der Waals surface area contributed by atoms with E-state index in [1.807, 2.05) is 20.8 Å². The molecule has 1 aliphatic heterocycles. The van der Waals surface area contributed by atoms with E-state index in [1.54, 1.807) is 11.0 Å². The van der Waals surface area contributed by atoms with E-state index in [4.69, 9.17) is 9.47 Å². The number of alkyl halides is 2. The fourth-order valence-corrected chi connectivity index (χ4v) is 6.19. The van der Waals surface area contributed by atoms with Crippen molar-refractivity contribution in [1.29, 1.82) is 0 Å². The predicted octanol–water partition coefficient (Wildman–Crippen LogP) is 5.35. The van der Waals surface area contributed by atoms with Crippen LogP contribution in [0.5, 0.6) is 11.6 Å². The van der Waals surface area contributed by atoms with E-state index in [1.165, 1.54) is 19.2 Å². The van der Waals surface area contributed by atoms with Crippen LogP contribution in [0.3, 0.4) is 0 Å². The fourth-order valence-electron chi connectivity index (χ4n) is 6.19. The molecule has 2 N–H and O–H groups in total. The molecule has 236 valence electrons. The third-order valence-corrected chi connectivity index (χ3v) is 8.63. The number of aromatic hydroxyl groups is 1. The molecular formula is C31H42F2N4O6. The number of hydrogen-bond acceptors (Lipinski definition) is 8. The number of aromatic nitrogens is 2. The molecule has 2 heterocycles. The number of nitrogens with one attached hydrogen (secondary N) is 1. The Hall–Kier alpha value is -3.57. The van der Waals surface area contributed by atoms with Gasteiger partial charge in [0.2, 0.25) is 11.8 Å². The van der Waals surface area contributed by atoms with Crippen LogP contribution in [-0.4, -0.2) is 70.1 Å². The van der Waals surface area contributed by atoms with Gasteiger partial charge in [-0.25, -0.2) is 14.8 Å². The summed E-state index contributed by atoms with van der Waals surface area (Å²) in [5, 5.41) is 12.7. The number of rotatable bonds is 12. The van der Waals surface area contributed by atoms with E-state index in [0.29, 0.717) is 31.6 Å². The van der Waals surface area contributed by atoms with Crippen LogP contribution in [0.2, 0.25) is 0 Å². The summed E-state index contributed by atoms with van der Waals surface area (Å²) in [4.78, 5) is 47.4. The topological polar surface area (TPSA) is 131 Å². The van der Waals surface area contributed by atoms with Crippen LogP contribution in [0.15, 0.2) is 18.2 Å². The van der Waals surface area contributed by atoms with Gasteiger partial charge in [0.25, 0.3) is 5.92 Å². The number of Topliss-reactive ketones (excluding diaryl/α,β-unsaturated/α-hetero) is 1. The van der Waals surface area contributed by atoms with Gasteiger partial charge in [-0.05, 0) is 62.5 Å². The van der Waals surface area contributed by atoms with Crippen LogP contribution in [0.1, 0.15) is 77.8 Å². The molecule has 12 heteroatoms. The van der Waals surface area contributed by atoms with Gasteiger partial charge in [0.05, 0.1) is 24.2 Å². The number of carbonyl (C=O) groups excluding carboxylic acids is 3. The van der Waals surface area contributed by atoms with Crippen molar-refractivity contribution in [3.05, 3.63) is 23.9 Å². The zero-order valence-electron chi connectivity index (χ0n) is 25.3. The van der Waals surface area contributed by atoms with E-state index >= 15 is 8.78 Å². The number of ketones is 1. The Kier molecular flexibility index (Phi) is 10.4. The Morgan fingerprint density at radius 1 is 1.14 bits per heavy atom. The van der Waals surface area contributed by atoms with Gasteiger partial charge >= 0.3 is 6.09 Å². The number of nitrogens with zero attached hydrogens (tertiary/aromatic N) is 3. The molecule has 1 saturated carbocycles. The number of alkyl carbamates (subject to hydrolysis) is 1. The molecule has 2 aliphatic rings. The molecule has 1 aromatic carbocycles. The van der Waals surface area contributed by atoms with Crippen LogP contribution in [0.4, 0.5) is 13.6 Å². The normalized spacial score (nSPS) is 22.3. The summed E-state index contributed by atoms with van der Waals surface area (Å²) in [6.07, 6.45) is 2.79. The minimum absolute atomic E-state index is 0.0236. The smallest absolute Gasteiger partial charge is 0.407 e. The van der Waals surface area contributed by atoms with Gasteiger partial charge in [0.15, 0.2) is 11.5 Å². The molecule has 1 aliphatic carbocycles. The van der Waals surface area contributed by atoms with Crippen molar-refractivity contribution in [1.82, 2.24) is 20.2 Å². The molecule has 2 fully saturated rings. The molecule has 1 unspecified atom stereocenters. The predicted molar refractivity (Wildman–Crippen MR) is 155 cm³/mol. The Bertz CT molecular complexity index is 1320. The largest absolute Gasteiger partial charge is 0.497 e. The third kappa shape index (κ3) is 7.69.